The Labute approximate surface area is 469 Å². The first-order valence-corrected chi connectivity index (χ1v) is 32.4. The van der Waals surface area contributed by atoms with Crippen molar-refractivity contribution in [3.05, 3.63) is 156 Å². The van der Waals surface area contributed by atoms with Crippen LogP contribution in [0, 0.1) is 0 Å². The fraction of sp³-hybridized carbons (Fsp3) is 0.217. The molecule has 0 aliphatic carbocycles. The number of benzene rings is 6. The summed E-state index contributed by atoms with van der Waals surface area (Å²) in [5, 5.41) is 0. The molecule has 0 aliphatic rings. The lowest BCUT2D eigenvalue weighted by atomic mass is 10.1. The molecule has 82 heavy (non-hydrogen) atoms. The average Bonchev–Trinajstić information content (AvgIpc) is 3.44. The lowest BCUT2D eigenvalue weighted by Gasteiger charge is -2.15. The van der Waals surface area contributed by atoms with Crippen molar-refractivity contribution < 1.29 is 122 Å². The van der Waals surface area contributed by atoms with Gasteiger partial charge in [0.05, 0.1) is 53.8 Å². The summed E-state index contributed by atoms with van der Waals surface area (Å²) in [6.45, 7) is 0. The second-order valence-electron chi connectivity index (χ2n) is 15.7. The van der Waals surface area contributed by atoms with Crippen LogP contribution in [-0.4, -0.2) is 78.8 Å². The van der Waals surface area contributed by atoms with Crippen LogP contribution < -0.4 is 0 Å². The monoisotopic (exact) mass is 1340 g/mol. The molecule has 6 aromatic carbocycles. The van der Waals surface area contributed by atoms with Crippen molar-refractivity contribution >= 4 is 85.2 Å². The van der Waals surface area contributed by atoms with Crippen LogP contribution in [0.3, 0.4) is 0 Å². The highest BCUT2D eigenvalue weighted by Crippen LogP contribution is 2.44. The van der Waals surface area contributed by atoms with Crippen LogP contribution in [-0.2, 0) is 86.4 Å². The van der Waals surface area contributed by atoms with Crippen molar-refractivity contribution in [3.63, 3.8) is 0 Å². The highest BCUT2D eigenvalue weighted by molar-refractivity contribution is 7.99. The van der Waals surface area contributed by atoms with Gasteiger partial charge in [-0.05, 0) is 73.2 Å². The Kier molecular flexibility index (Phi) is 23.2. The molecule has 0 aromatic heterocycles. The summed E-state index contributed by atoms with van der Waals surface area (Å²) in [5.74, 6) is 0. The van der Waals surface area contributed by atoms with E-state index in [4.69, 9.17) is 25.9 Å². The van der Waals surface area contributed by atoms with E-state index < -0.39 is 125 Å². The van der Waals surface area contributed by atoms with Gasteiger partial charge in [0, 0.05) is 70.8 Å². The Morgan fingerprint density at radius 2 is 0.561 bits per heavy atom. The molecule has 0 heterocycles. The molecule has 0 radical (unpaired) electrons. The molecule has 6 rings (SSSR count). The molecule has 0 atom stereocenters. The molecule has 10 nitrogen and oxygen atoms in total. The maximum atomic E-state index is 13.5. The molecule has 0 aliphatic heterocycles. The van der Waals surface area contributed by atoms with Gasteiger partial charge in [-0.3, -0.25) is 0 Å². The Morgan fingerprint density at radius 3 is 0.756 bits per heavy atom. The molecule has 0 amide bonds. The van der Waals surface area contributed by atoms with Gasteiger partial charge in [-0.15, -0.1) is 23.5 Å². The maximum Gasteiger partial charge on any atom is 0.485 e. The zero-order chi connectivity index (χ0) is 63.2. The van der Waals surface area contributed by atoms with Crippen molar-refractivity contribution in [1.29, 1.82) is 0 Å². The molecular weight excluding hydrogens is 1310 g/mol. The fourth-order valence-corrected chi connectivity index (χ4v) is 13.0. The van der Waals surface area contributed by atoms with Crippen LogP contribution in [0.2, 0.25) is 0 Å². The van der Waals surface area contributed by atoms with Crippen LogP contribution in [0.15, 0.2) is 182 Å². The molecule has 0 N–H and O–H groups in total. The van der Waals surface area contributed by atoms with Crippen LogP contribution >= 0.6 is 23.5 Å². The van der Waals surface area contributed by atoms with Gasteiger partial charge in [-0.2, -0.15) is 79.0 Å². The summed E-state index contributed by atoms with van der Waals surface area (Å²) >= 11 is 2.91. The first-order valence-electron chi connectivity index (χ1n) is 20.9. The van der Waals surface area contributed by atoms with Gasteiger partial charge < -0.3 is 9.11 Å². The van der Waals surface area contributed by atoms with Crippen molar-refractivity contribution in [2.75, 3.05) is 25.0 Å². The summed E-state index contributed by atoms with van der Waals surface area (Å²) in [7, 11) is -22.6. The molecule has 0 fully saturated rings. The highest BCUT2D eigenvalue weighted by atomic mass is 32.2. The van der Waals surface area contributed by atoms with E-state index in [1.807, 2.05) is 36.8 Å². The topological polar surface area (TPSA) is 183 Å². The number of hydrogen-bond donors (Lipinski definition) is 0. The Morgan fingerprint density at radius 1 is 0.341 bits per heavy atom. The van der Waals surface area contributed by atoms with E-state index in [1.54, 1.807) is 24.3 Å². The van der Waals surface area contributed by atoms with Crippen LogP contribution in [0.5, 0.6) is 0 Å². The predicted octanol–water partition coefficient (Wildman–Crippen LogP) is 14.0. The summed E-state index contributed by atoms with van der Waals surface area (Å²) in [6, 6.07) is 27.4. The zero-order valence-electron chi connectivity index (χ0n) is 40.9. The zero-order valence-corrected chi connectivity index (χ0v) is 47.4. The number of thioether (sulfide) groups is 2. The minimum absolute atomic E-state index is 0.00904. The summed E-state index contributed by atoms with van der Waals surface area (Å²) < 4.78 is 328. The van der Waals surface area contributed by atoms with E-state index in [1.165, 1.54) is 59.9 Å². The second-order valence-corrected chi connectivity index (χ2v) is 28.3. The fourth-order valence-electron chi connectivity index (χ4n) is 6.02. The quantitative estimate of drug-likeness (QED) is 0.0416. The number of hydrogen-bond acceptors (Lipinski definition) is 12. The smallest absolute Gasteiger partial charge is 0.485 e. The third-order valence-corrected chi connectivity index (χ3v) is 18.8. The van der Waals surface area contributed by atoms with Gasteiger partial charge in [0.15, 0.2) is 69.3 Å². The van der Waals surface area contributed by atoms with Gasteiger partial charge in [0.25, 0.3) is 0 Å². The minimum Gasteiger partial charge on any atom is -0.741 e. The van der Waals surface area contributed by atoms with Gasteiger partial charge >= 0.3 is 35.7 Å². The normalized spacial score (nSPS) is 13.1. The first kappa shape index (κ1) is 71.4. The second kappa shape index (κ2) is 26.6. The lowest BCUT2D eigenvalue weighted by Crippen LogP contribution is -2.21. The number of sulfone groups is 2. The molecule has 0 saturated carbocycles. The number of halogens is 18. The molecule has 36 heteroatoms. The van der Waals surface area contributed by atoms with Gasteiger partial charge in [0.2, 0.25) is 0 Å². The summed E-state index contributed by atoms with van der Waals surface area (Å²) in [5.41, 5.74) is -17.0. The third kappa shape index (κ3) is 20.8. The average molecular weight is 1350 g/mol. The maximum absolute atomic E-state index is 13.5. The molecule has 0 bridgehead atoms. The Hall–Kier alpha value is -4.82. The Balaban J connectivity index is 0.000000341. The van der Waals surface area contributed by atoms with Gasteiger partial charge in [-0.1, -0.05) is 24.3 Å². The van der Waals surface area contributed by atoms with Crippen molar-refractivity contribution in [2.45, 2.75) is 84.7 Å². The van der Waals surface area contributed by atoms with Crippen molar-refractivity contribution in [3.8, 4) is 0 Å². The molecule has 6 aromatic rings. The summed E-state index contributed by atoms with van der Waals surface area (Å²) in [4.78, 5) is 2.39. The largest absolute Gasteiger partial charge is 0.741 e. The van der Waals surface area contributed by atoms with Crippen LogP contribution in [0.1, 0.15) is 22.3 Å². The molecule has 0 unspecified atom stereocenters. The molecule has 0 saturated heterocycles. The summed E-state index contributed by atoms with van der Waals surface area (Å²) in [6.07, 6.45) is -14.5. The third-order valence-electron chi connectivity index (χ3n) is 9.65. The molecule has 452 valence electrons. The van der Waals surface area contributed by atoms with Gasteiger partial charge in [-0.25, -0.2) is 33.7 Å². The van der Waals surface area contributed by atoms with E-state index in [-0.39, 0.29) is 36.6 Å². The minimum atomic E-state index is -6.09. The Bertz CT molecular complexity index is 3450. The SMILES string of the molecule is CS(=O)(=O)c1cccc([S+](c2cc(C(F)(F)F)cc(C(F)(F)F)c2)c2cccc(S(C)(=O)=O)c2)c1.CSc1cccc([S+](c2cccc(SC)c2)c2cc(C(F)(F)F)cc(C(F)(F)F)c2)c1.O=S(=O)([O-])C(F)(F)F.O=S(=O)([O-])C(F)(F)F. The van der Waals surface area contributed by atoms with Crippen molar-refractivity contribution in [2.24, 2.45) is 0 Å². The predicted molar refractivity (Wildman–Crippen MR) is 264 cm³/mol. The number of alkyl halides is 18. The van der Waals surface area contributed by atoms with E-state index in [9.17, 15) is 95.9 Å². The standard InChI is InChI=1S/C22H17F6O4S3.C22H17F6S3.2CHF3O3S/c1-34(29,30)19-7-3-5-16(12-19)33(17-6-4-8-20(13-17)35(2,31)32)18-10-14(21(23,24)25)9-15(11-18)22(26,27)28;1-29-16-5-3-7-18(12-16)31(19-8-4-6-17(13-19)30-2)20-10-14(21(23,24)25)9-15(11-20)22(26,27)28;2*2-1(3,4)8(5,6)7/h3-13H,1-2H3;3-13H,1-2H3;2*(H,5,6,7)/q2*+1;;/p-2. The lowest BCUT2D eigenvalue weighted by molar-refractivity contribution is -0.145. The number of rotatable bonds is 10. The molecule has 0 spiro atoms. The van der Waals surface area contributed by atoms with Crippen LogP contribution in [0.4, 0.5) is 79.0 Å². The first-order chi connectivity index (χ1) is 36.9. The van der Waals surface area contributed by atoms with Gasteiger partial charge in [0.1, 0.15) is 0 Å². The van der Waals surface area contributed by atoms with E-state index in [2.05, 4.69) is 0 Å². The van der Waals surface area contributed by atoms with E-state index in [0.717, 1.165) is 46.6 Å². The van der Waals surface area contributed by atoms with E-state index in [0.29, 0.717) is 21.9 Å². The van der Waals surface area contributed by atoms with Crippen molar-refractivity contribution in [1.82, 2.24) is 0 Å². The van der Waals surface area contributed by atoms with Crippen LogP contribution in [0.25, 0.3) is 0 Å². The molecular formula is C46H34F18O10S8. The van der Waals surface area contributed by atoms with E-state index >= 15 is 0 Å². The highest BCUT2D eigenvalue weighted by Gasteiger charge is 2.43.